The van der Waals surface area contributed by atoms with E-state index in [2.05, 4.69) is 21.2 Å². The molecule has 1 aliphatic heterocycles. The molecule has 1 amide bonds. The van der Waals surface area contributed by atoms with Crippen LogP contribution in [-0.2, 0) is 14.6 Å². The zero-order chi connectivity index (χ0) is 14.8. The quantitative estimate of drug-likeness (QED) is 0.874. The van der Waals surface area contributed by atoms with Gasteiger partial charge in [-0.15, -0.1) is 0 Å². The predicted molar refractivity (Wildman–Crippen MR) is 80.2 cm³/mol. The first-order valence-electron chi connectivity index (χ1n) is 6.38. The summed E-state index contributed by atoms with van der Waals surface area (Å²) >= 11 is 3.24. The Bertz CT molecular complexity index is 603. The standard InChI is InChI=1S/C13H17BrN2O3S/c1-10-8-15-5-6-16(10)13(17)9-20(18,19)12-4-2-3-11(14)7-12/h2-4,7,10,15H,5-6,8-9H2,1H3/t10-/m1/s1. The van der Waals surface area contributed by atoms with E-state index in [4.69, 9.17) is 0 Å². The molecule has 2 rings (SSSR count). The molecule has 0 bridgehead atoms. The minimum Gasteiger partial charge on any atom is -0.337 e. The number of rotatable bonds is 3. The predicted octanol–water partition coefficient (Wildman–Crippen LogP) is 1.04. The van der Waals surface area contributed by atoms with Crippen molar-refractivity contribution in [1.29, 1.82) is 0 Å². The molecule has 0 aliphatic carbocycles. The normalized spacial score (nSPS) is 19.9. The number of carbonyl (C=O) groups is 1. The number of carbonyl (C=O) groups excluding carboxylic acids is 1. The van der Waals surface area contributed by atoms with E-state index >= 15 is 0 Å². The van der Waals surface area contributed by atoms with Crippen molar-refractivity contribution in [2.45, 2.75) is 17.9 Å². The number of sulfone groups is 1. The molecule has 1 atom stereocenters. The fraction of sp³-hybridized carbons (Fsp3) is 0.462. The summed E-state index contributed by atoms with van der Waals surface area (Å²) in [7, 11) is -3.60. The number of halogens is 1. The van der Waals surface area contributed by atoms with Crippen LogP contribution in [0, 0.1) is 0 Å². The largest absolute Gasteiger partial charge is 0.337 e. The first-order valence-corrected chi connectivity index (χ1v) is 8.83. The molecule has 20 heavy (non-hydrogen) atoms. The third-order valence-electron chi connectivity index (χ3n) is 3.29. The summed E-state index contributed by atoms with van der Waals surface area (Å²) in [4.78, 5) is 14.0. The molecule has 1 aromatic rings. The zero-order valence-electron chi connectivity index (χ0n) is 11.2. The lowest BCUT2D eigenvalue weighted by molar-refractivity contribution is -0.131. The van der Waals surface area contributed by atoms with Crippen molar-refractivity contribution in [3.63, 3.8) is 0 Å². The Kier molecular flexibility index (Phi) is 4.82. The Morgan fingerprint density at radius 3 is 2.90 bits per heavy atom. The number of nitrogens with one attached hydrogen (secondary N) is 1. The Morgan fingerprint density at radius 1 is 1.50 bits per heavy atom. The van der Waals surface area contributed by atoms with Crippen molar-refractivity contribution >= 4 is 31.7 Å². The molecule has 7 heteroatoms. The van der Waals surface area contributed by atoms with E-state index in [0.717, 1.165) is 0 Å². The Labute approximate surface area is 127 Å². The molecule has 5 nitrogen and oxygen atoms in total. The Hall–Kier alpha value is -0.920. The third kappa shape index (κ3) is 3.59. The van der Waals surface area contributed by atoms with Gasteiger partial charge >= 0.3 is 0 Å². The molecule has 1 saturated heterocycles. The van der Waals surface area contributed by atoms with Crippen molar-refractivity contribution in [3.05, 3.63) is 28.7 Å². The summed E-state index contributed by atoms with van der Waals surface area (Å²) in [6.07, 6.45) is 0. The Morgan fingerprint density at radius 2 is 2.25 bits per heavy atom. The van der Waals surface area contributed by atoms with Crippen LogP contribution in [0.2, 0.25) is 0 Å². The highest BCUT2D eigenvalue weighted by atomic mass is 79.9. The van der Waals surface area contributed by atoms with Crippen molar-refractivity contribution in [1.82, 2.24) is 10.2 Å². The highest BCUT2D eigenvalue weighted by Crippen LogP contribution is 2.18. The molecule has 1 aliphatic rings. The fourth-order valence-electron chi connectivity index (χ4n) is 2.20. The lowest BCUT2D eigenvalue weighted by Crippen LogP contribution is -2.53. The molecule has 0 radical (unpaired) electrons. The minimum atomic E-state index is -3.60. The second kappa shape index (κ2) is 6.24. The van der Waals surface area contributed by atoms with Crippen LogP contribution in [0.25, 0.3) is 0 Å². The first-order chi connectivity index (χ1) is 9.40. The van der Waals surface area contributed by atoms with Gasteiger partial charge in [-0.2, -0.15) is 0 Å². The van der Waals surface area contributed by atoms with Crippen molar-refractivity contribution in [3.8, 4) is 0 Å². The van der Waals surface area contributed by atoms with Gasteiger partial charge in [0.05, 0.1) is 4.90 Å². The molecule has 0 unspecified atom stereocenters. The van der Waals surface area contributed by atoms with E-state index in [1.54, 1.807) is 17.0 Å². The highest BCUT2D eigenvalue weighted by molar-refractivity contribution is 9.10. The molecule has 0 aromatic heterocycles. The van der Waals surface area contributed by atoms with Crippen LogP contribution in [0.3, 0.4) is 0 Å². The van der Waals surface area contributed by atoms with Gasteiger partial charge in [0.1, 0.15) is 5.75 Å². The molecule has 1 fully saturated rings. The van der Waals surface area contributed by atoms with Crippen LogP contribution in [0.4, 0.5) is 0 Å². The average Bonchev–Trinajstić information content (AvgIpc) is 2.38. The monoisotopic (exact) mass is 360 g/mol. The van der Waals surface area contributed by atoms with E-state index in [-0.39, 0.29) is 16.8 Å². The van der Waals surface area contributed by atoms with Crippen molar-refractivity contribution in [2.75, 3.05) is 25.4 Å². The van der Waals surface area contributed by atoms with Gasteiger partial charge in [0.15, 0.2) is 9.84 Å². The van der Waals surface area contributed by atoms with Crippen molar-refractivity contribution < 1.29 is 13.2 Å². The van der Waals surface area contributed by atoms with Gasteiger partial charge in [-0.25, -0.2) is 8.42 Å². The fourth-order valence-corrected chi connectivity index (χ4v) is 4.00. The van der Waals surface area contributed by atoms with Crippen molar-refractivity contribution in [2.24, 2.45) is 0 Å². The molecule has 0 spiro atoms. The maximum Gasteiger partial charge on any atom is 0.238 e. The molecule has 1 heterocycles. The summed E-state index contributed by atoms with van der Waals surface area (Å²) in [5.41, 5.74) is 0. The van der Waals surface area contributed by atoms with E-state index in [0.29, 0.717) is 24.1 Å². The topological polar surface area (TPSA) is 66.5 Å². The lowest BCUT2D eigenvalue weighted by atomic mass is 10.2. The van der Waals surface area contributed by atoms with Crippen LogP contribution in [0.1, 0.15) is 6.92 Å². The summed E-state index contributed by atoms with van der Waals surface area (Å²) in [6, 6.07) is 6.45. The maximum atomic E-state index is 12.3. The molecule has 1 N–H and O–H groups in total. The molecule has 110 valence electrons. The van der Waals surface area contributed by atoms with Gasteiger partial charge in [0.25, 0.3) is 0 Å². The third-order valence-corrected chi connectivity index (χ3v) is 5.38. The average molecular weight is 361 g/mol. The van der Waals surface area contributed by atoms with Crippen LogP contribution in [0.15, 0.2) is 33.6 Å². The molecule has 0 saturated carbocycles. The molecule has 1 aromatic carbocycles. The van der Waals surface area contributed by atoms with Gasteiger partial charge in [-0.1, -0.05) is 22.0 Å². The van der Waals surface area contributed by atoms with Gasteiger partial charge in [0.2, 0.25) is 5.91 Å². The van der Waals surface area contributed by atoms with E-state index in [1.165, 1.54) is 12.1 Å². The minimum absolute atomic E-state index is 0.0222. The zero-order valence-corrected chi connectivity index (χ0v) is 13.6. The second-order valence-corrected chi connectivity index (χ2v) is 7.76. The number of benzene rings is 1. The van der Waals surface area contributed by atoms with Crippen LogP contribution in [0.5, 0.6) is 0 Å². The summed E-state index contributed by atoms with van der Waals surface area (Å²) in [6.45, 7) is 3.86. The smallest absolute Gasteiger partial charge is 0.238 e. The number of hydrogen-bond donors (Lipinski definition) is 1. The Balaban J connectivity index is 2.14. The number of piperazine rings is 1. The van der Waals surface area contributed by atoms with Gasteiger partial charge in [0, 0.05) is 30.1 Å². The highest BCUT2D eigenvalue weighted by Gasteiger charge is 2.28. The number of nitrogens with zero attached hydrogens (tertiary/aromatic N) is 1. The summed E-state index contributed by atoms with van der Waals surface area (Å²) < 4.78 is 25.2. The van der Waals surface area contributed by atoms with E-state index < -0.39 is 15.6 Å². The lowest BCUT2D eigenvalue weighted by Gasteiger charge is -2.33. The molecular weight excluding hydrogens is 344 g/mol. The number of hydrogen-bond acceptors (Lipinski definition) is 4. The van der Waals surface area contributed by atoms with Gasteiger partial charge in [-0.05, 0) is 25.1 Å². The van der Waals surface area contributed by atoms with Gasteiger partial charge < -0.3 is 10.2 Å². The van der Waals surface area contributed by atoms with E-state index in [1.807, 2.05) is 6.92 Å². The van der Waals surface area contributed by atoms with Crippen LogP contribution in [-0.4, -0.2) is 50.7 Å². The summed E-state index contributed by atoms with van der Waals surface area (Å²) in [5.74, 6) is -0.813. The van der Waals surface area contributed by atoms with Gasteiger partial charge in [-0.3, -0.25) is 4.79 Å². The first kappa shape index (κ1) is 15.5. The van der Waals surface area contributed by atoms with Crippen LogP contribution >= 0.6 is 15.9 Å². The molecular formula is C13H17BrN2O3S. The number of amides is 1. The SMILES string of the molecule is C[C@@H]1CNCCN1C(=O)CS(=O)(=O)c1cccc(Br)c1. The maximum absolute atomic E-state index is 12.3. The van der Waals surface area contributed by atoms with E-state index in [9.17, 15) is 13.2 Å². The van der Waals surface area contributed by atoms with Crippen LogP contribution < -0.4 is 5.32 Å². The summed E-state index contributed by atoms with van der Waals surface area (Å²) in [5, 5.41) is 3.17. The second-order valence-electron chi connectivity index (χ2n) is 4.86.